The highest BCUT2D eigenvalue weighted by Gasteiger charge is 2.18. The Kier molecular flexibility index (Phi) is 3.16. The number of nitrogens with two attached hydrogens (primary N) is 1. The zero-order chi connectivity index (χ0) is 14.1. The van der Waals surface area contributed by atoms with E-state index in [-0.39, 0.29) is 5.82 Å². The van der Waals surface area contributed by atoms with Crippen LogP contribution in [0.4, 0.5) is 4.39 Å². The Morgan fingerprint density at radius 1 is 1.15 bits per heavy atom. The van der Waals surface area contributed by atoms with Crippen LogP contribution in [0.5, 0.6) is 5.75 Å². The maximum Gasteiger partial charge on any atom is 0.134 e. The van der Waals surface area contributed by atoms with Gasteiger partial charge in [-0.05, 0) is 12.1 Å². The molecule has 0 fully saturated rings. The van der Waals surface area contributed by atoms with Gasteiger partial charge < -0.3 is 14.9 Å². The Morgan fingerprint density at radius 3 is 2.70 bits per heavy atom. The molecule has 3 nitrogen and oxygen atoms in total. The van der Waals surface area contributed by atoms with E-state index in [0.717, 1.165) is 16.5 Å². The van der Waals surface area contributed by atoms with Gasteiger partial charge in [-0.3, -0.25) is 0 Å². The molecular weight excluding hydrogens is 257 g/mol. The molecule has 0 radical (unpaired) electrons. The molecule has 0 aliphatic carbocycles. The van der Waals surface area contributed by atoms with Crippen LogP contribution in [0.2, 0.25) is 0 Å². The largest absolute Gasteiger partial charge is 0.497 e. The van der Waals surface area contributed by atoms with Crippen LogP contribution < -0.4 is 10.5 Å². The molecular formula is C16H14FNO2. The van der Waals surface area contributed by atoms with E-state index in [1.54, 1.807) is 18.4 Å². The molecule has 3 aromatic rings. The summed E-state index contributed by atoms with van der Waals surface area (Å²) in [6.45, 7) is 0. The fourth-order valence-corrected chi connectivity index (χ4v) is 2.29. The van der Waals surface area contributed by atoms with Gasteiger partial charge in [0.05, 0.1) is 19.4 Å². The third-order valence-electron chi connectivity index (χ3n) is 3.39. The summed E-state index contributed by atoms with van der Waals surface area (Å²) in [7, 11) is 1.50. The normalized spacial score (nSPS) is 12.6. The van der Waals surface area contributed by atoms with E-state index in [1.165, 1.54) is 13.2 Å². The van der Waals surface area contributed by atoms with Gasteiger partial charge in [0, 0.05) is 22.6 Å². The highest BCUT2D eigenvalue weighted by atomic mass is 19.1. The van der Waals surface area contributed by atoms with Crippen LogP contribution in [0.25, 0.3) is 11.0 Å². The molecule has 0 spiro atoms. The highest BCUT2D eigenvalue weighted by molar-refractivity contribution is 5.81. The molecule has 1 heterocycles. The van der Waals surface area contributed by atoms with Crippen molar-refractivity contribution in [2.75, 3.05) is 7.11 Å². The van der Waals surface area contributed by atoms with Crippen molar-refractivity contribution in [1.82, 2.24) is 0 Å². The van der Waals surface area contributed by atoms with Crippen LogP contribution >= 0.6 is 0 Å². The van der Waals surface area contributed by atoms with Crippen molar-refractivity contribution in [3.8, 4) is 5.75 Å². The number of fused-ring (bicyclic) bond motifs is 1. The van der Waals surface area contributed by atoms with Crippen LogP contribution in [-0.4, -0.2) is 7.11 Å². The first-order chi connectivity index (χ1) is 9.70. The molecule has 0 saturated heterocycles. The average molecular weight is 271 g/mol. The lowest BCUT2D eigenvalue weighted by Crippen LogP contribution is -2.13. The molecule has 0 amide bonds. The average Bonchev–Trinajstić information content (AvgIpc) is 2.90. The minimum Gasteiger partial charge on any atom is -0.497 e. The molecule has 0 saturated carbocycles. The molecule has 0 bridgehead atoms. The zero-order valence-electron chi connectivity index (χ0n) is 11.0. The number of para-hydroxylation sites is 1. The molecule has 1 aromatic heterocycles. The lowest BCUT2D eigenvalue weighted by atomic mass is 9.98. The minimum absolute atomic E-state index is 0.387. The first kappa shape index (κ1) is 12.7. The van der Waals surface area contributed by atoms with Crippen LogP contribution in [0, 0.1) is 5.82 Å². The fourth-order valence-electron chi connectivity index (χ4n) is 2.29. The molecule has 1 unspecified atom stereocenters. The molecule has 2 aromatic carbocycles. The first-order valence-electron chi connectivity index (χ1n) is 6.26. The van der Waals surface area contributed by atoms with Crippen molar-refractivity contribution in [3.63, 3.8) is 0 Å². The SMILES string of the molecule is COc1ccc(C(N)c2coc3ccccc23)c(F)c1. The van der Waals surface area contributed by atoms with E-state index in [9.17, 15) is 4.39 Å². The Morgan fingerprint density at radius 2 is 1.95 bits per heavy atom. The number of hydrogen-bond acceptors (Lipinski definition) is 3. The van der Waals surface area contributed by atoms with Crippen LogP contribution in [0.3, 0.4) is 0 Å². The van der Waals surface area contributed by atoms with Gasteiger partial charge in [-0.2, -0.15) is 0 Å². The van der Waals surface area contributed by atoms with Crippen molar-refractivity contribution in [2.24, 2.45) is 5.73 Å². The van der Waals surface area contributed by atoms with E-state index < -0.39 is 6.04 Å². The Labute approximate surface area is 115 Å². The number of rotatable bonds is 3. The third kappa shape index (κ3) is 2.04. The second kappa shape index (κ2) is 4.98. The summed E-state index contributed by atoms with van der Waals surface area (Å²) in [4.78, 5) is 0. The van der Waals surface area contributed by atoms with Gasteiger partial charge in [0.1, 0.15) is 17.1 Å². The topological polar surface area (TPSA) is 48.4 Å². The van der Waals surface area contributed by atoms with E-state index in [2.05, 4.69) is 0 Å². The van der Waals surface area contributed by atoms with Gasteiger partial charge in [-0.1, -0.05) is 24.3 Å². The number of benzene rings is 2. The number of furan rings is 1. The van der Waals surface area contributed by atoms with Gasteiger partial charge in [0.25, 0.3) is 0 Å². The third-order valence-corrected chi connectivity index (χ3v) is 3.39. The second-order valence-corrected chi connectivity index (χ2v) is 4.55. The monoisotopic (exact) mass is 271 g/mol. The number of hydrogen-bond donors (Lipinski definition) is 1. The van der Waals surface area contributed by atoms with Crippen LogP contribution in [0.1, 0.15) is 17.2 Å². The van der Waals surface area contributed by atoms with E-state index >= 15 is 0 Å². The Bertz CT molecular complexity index is 751. The summed E-state index contributed by atoms with van der Waals surface area (Å²) in [5.41, 5.74) is 8.10. The quantitative estimate of drug-likeness (QED) is 0.791. The van der Waals surface area contributed by atoms with Crippen molar-refractivity contribution < 1.29 is 13.5 Å². The second-order valence-electron chi connectivity index (χ2n) is 4.55. The Hall–Kier alpha value is -2.33. The molecule has 102 valence electrons. The van der Waals surface area contributed by atoms with Crippen LogP contribution in [0.15, 0.2) is 53.1 Å². The van der Waals surface area contributed by atoms with Crippen LogP contribution in [-0.2, 0) is 0 Å². The standard InChI is InChI=1S/C16H14FNO2/c1-19-10-6-7-12(14(17)8-10)16(18)13-9-20-15-5-3-2-4-11(13)15/h2-9,16H,18H2,1H3. The maximum atomic E-state index is 14.1. The first-order valence-corrected chi connectivity index (χ1v) is 6.26. The molecule has 2 N–H and O–H groups in total. The van der Waals surface area contributed by atoms with Crippen molar-refractivity contribution in [2.45, 2.75) is 6.04 Å². The van der Waals surface area contributed by atoms with Crippen molar-refractivity contribution in [1.29, 1.82) is 0 Å². The summed E-state index contributed by atoms with van der Waals surface area (Å²) in [6.07, 6.45) is 1.58. The van der Waals surface area contributed by atoms with Gasteiger partial charge in [0.2, 0.25) is 0 Å². The van der Waals surface area contributed by atoms with Gasteiger partial charge >= 0.3 is 0 Å². The smallest absolute Gasteiger partial charge is 0.134 e. The molecule has 20 heavy (non-hydrogen) atoms. The summed E-state index contributed by atoms with van der Waals surface area (Å²) < 4.78 is 24.5. The summed E-state index contributed by atoms with van der Waals surface area (Å²) >= 11 is 0. The Balaban J connectivity index is 2.06. The molecule has 4 heteroatoms. The zero-order valence-corrected chi connectivity index (χ0v) is 11.0. The molecule has 0 aliphatic heterocycles. The number of ether oxygens (including phenoxy) is 1. The predicted octanol–water partition coefficient (Wildman–Crippen LogP) is 3.63. The fraction of sp³-hybridized carbons (Fsp3) is 0.125. The van der Waals surface area contributed by atoms with Crippen molar-refractivity contribution in [3.05, 3.63) is 65.7 Å². The summed E-state index contributed by atoms with van der Waals surface area (Å²) in [5.74, 6) is 0.0811. The molecule has 3 rings (SSSR count). The van der Waals surface area contributed by atoms with Gasteiger partial charge in [0.15, 0.2) is 0 Å². The maximum absolute atomic E-state index is 14.1. The molecule has 0 aliphatic rings. The minimum atomic E-state index is -0.579. The summed E-state index contributed by atoms with van der Waals surface area (Å²) in [6, 6.07) is 11.6. The predicted molar refractivity (Wildman–Crippen MR) is 75.2 cm³/mol. The summed E-state index contributed by atoms with van der Waals surface area (Å²) in [5, 5.41) is 0.898. The molecule has 1 atom stereocenters. The lowest BCUT2D eigenvalue weighted by Gasteiger charge is -2.12. The highest BCUT2D eigenvalue weighted by Crippen LogP contribution is 2.31. The van der Waals surface area contributed by atoms with Gasteiger partial charge in [-0.25, -0.2) is 4.39 Å². The van der Waals surface area contributed by atoms with E-state index in [4.69, 9.17) is 14.9 Å². The van der Waals surface area contributed by atoms with Crippen molar-refractivity contribution >= 4 is 11.0 Å². The van der Waals surface area contributed by atoms with E-state index in [1.807, 2.05) is 24.3 Å². The van der Waals surface area contributed by atoms with E-state index in [0.29, 0.717) is 11.3 Å². The van der Waals surface area contributed by atoms with Gasteiger partial charge in [-0.15, -0.1) is 0 Å². The number of halogens is 1. The number of methoxy groups -OCH3 is 1. The lowest BCUT2D eigenvalue weighted by molar-refractivity contribution is 0.410.